The molecule has 0 unspecified atom stereocenters. The third-order valence-electron chi connectivity index (χ3n) is 4.33. The zero-order valence-electron chi connectivity index (χ0n) is 16.6. The lowest BCUT2D eigenvalue weighted by Crippen LogP contribution is -2.27. The molecule has 2 aromatic carbocycles. The molecular formula is C24H23NO3S2. The summed E-state index contributed by atoms with van der Waals surface area (Å²) in [6.07, 6.45) is 6.09. The van der Waals surface area contributed by atoms with Gasteiger partial charge in [0.05, 0.1) is 4.91 Å². The van der Waals surface area contributed by atoms with Crippen molar-refractivity contribution in [1.29, 1.82) is 0 Å². The van der Waals surface area contributed by atoms with Gasteiger partial charge in [-0.15, -0.1) is 13.2 Å². The molecule has 1 aliphatic heterocycles. The largest absolute Gasteiger partial charge is 0.490 e. The Kier molecular flexibility index (Phi) is 7.88. The van der Waals surface area contributed by atoms with Crippen molar-refractivity contribution in [1.82, 2.24) is 4.90 Å². The Bertz CT molecular complexity index is 984. The molecule has 0 atom stereocenters. The van der Waals surface area contributed by atoms with Gasteiger partial charge in [-0.25, -0.2) is 0 Å². The molecule has 2 aromatic rings. The van der Waals surface area contributed by atoms with Crippen LogP contribution in [0.25, 0.3) is 6.08 Å². The molecule has 0 aromatic heterocycles. The van der Waals surface area contributed by atoms with E-state index in [4.69, 9.17) is 21.7 Å². The van der Waals surface area contributed by atoms with Crippen molar-refractivity contribution in [3.8, 4) is 11.5 Å². The maximum absolute atomic E-state index is 12.6. The van der Waals surface area contributed by atoms with Gasteiger partial charge in [0.1, 0.15) is 29.0 Å². The molecule has 1 heterocycles. The highest BCUT2D eigenvalue weighted by atomic mass is 32.2. The van der Waals surface area contributed by atoms with Crippen LogP contribution in [-0.2, 0) is 11.2 Å². The highest BCUT2D eigenvalue weighted by Gasteiger charge is 2.31. The lowest BCUT2D eigenvalue weighted by Gasteiger charge is -2.13. The summed E-state index contributed by atoms with van der Waals surface area (Å²) in [6.45, 7) is 8.65. The summed E-state index contributed by atoms with van der Waals surface area (Å²) in [7, 11) is 0. The standard InChI is InChI=1S/C24H23NO3S2/c1-3-9-18-10-5-7-12-20(18)27-15-16-28-21-13-8-6-11-19(21)17-22-23(26)25(14-4-2)24(29)30-22/h3-8,10-13,17H,1-2,9,14-16H2. The van der Waals surface area contributed by atoms with E-state index in [1.165, 1.54) is 16.7 Å². The number of hydrogen-bond donors (Lipinski definition) is 0. The molecular weight excluding hydrogens is 414 g/mol. The van der Waals surface area contributed by atoms with Crippen LogP contribution in [-0.4, -0.2) is 34.9 Å². The zero-order valence-corrected chi connectivity index (χ0v) is 18.2. The summed E-state index contributed by atoms with van der Waals surface area (Å²) in [6, 6.07) is 15.5. The Morgan fingerprint density at radius 2 is 1.63 bits per heavy atom. The van der Waals surface area contributed by atoms with Crippen LogP contribution in [0.4, 0.5) is 0 Å². The second-order valence-electron chi connectivity index (χ2n) is 6.42. The average Bonchev–Trinajstić information content (AvgIpc) is 3.01. The van der Waals surface area contributed by atoms with E-state index >= 15 is 0 Å². The van der Waals surface area contributed by atoms with Crippen LogP contribution in [0.5, 0.6) is 11.5 Å². The summed E-state index contributed by atoms with van der Waals surface area (Å²) >= 11 is 6.59. The predicted octanol–water partition coefficient (Wildman–Crippen LogP) is 5.26. The number of thioether (sulfide) groups is 1. The number of carbonyl (C=O) groups is 1. The van der Waals surface area contributed by atoms with Crippen molar-refractivity contribution >= 4 is 40.3 Å². The van der Waals surface area contributed by atoms with E-state index in [9.17, 15) is 4.79 Å². The van der Waals surface area contributed by atoms with Crippen molar-refractivity contribution in [3.05, 3.63) is 89.9 Å². The molecule has 0 radical (unpaired) electrons. The van der Waals surface area contributed by atoms with Crippen LogP contribution in [0.3, 0.4) is 0 Å². The van der Waals surface area contributed by atoms with E-state index < -0.39 is 0 Å². The van der Waals surface area contributed by atoms with Gasteiger partial charge in [0.2, 0.25) is 0 Å². The van der Waals surface area contributed by atoms with Gasteiger partial charge < -0.3 is 9.47 Å². The Labute approximate surface area is 186 Å². The molecule has 0 aliphatic carbocycles. The molecule has 0 N–H and O–H groups in total. The van der Waals surface area contributed by atoms with Crippen LogP contribution < -0.4 is 9.47 Å². The monoisotopic (exact) mass is 437 g/mol. The second kappa shape index (κ2) is 10.8. The molecule has 0 saturated carbocycles. The van der Waals surface area contributed by atoms with E-state index in [1.807, 2.05) is 60.7 Å². The number of carbonyl (C=O) groups excluding carboxylic acids is 1. The number of amides is 1. The van der Waals surface area contributed by atoms with Crippen molar-refractivity contribution in [3.63, 3.8) is 0 Å². The van der Waals surface area contributed by atoms with Crippen molar-refractivity contribution in [2.75, 3.05) is 19.8 Å². The fourth-order valence-electron chi connectivity index (χ4n) is 2.93. The molecule has 4 nitrogen and oxygen atoms in total. The van der Waals surface area contributed by atoms with E-state index in [0.717, 1.165) is 23.3 Å². The number of ether oxygens (including phenoxy) is 2. The number of thiocarbonyl (C=S) groups is 1. The summed E-state index contributed by atoms with van der Waals surface area (Å²) in [5.41, 5.74) is 1.91. The van der Waals surface area contributed by atoms with E-state index in [0.29, 0.717) is 34.7 Å². The first-order valence-corrected chi connectivity index (χ1v) is 10.8. The van der Waals surface area contributed by atoms with E-state index in [1.54, 1.807) is 6.08 Å². The number of benzene rings is 2. The van der Waals surface area contributed by atoms with Gasteiger partial charge in [-0.2, -0.15) is 0 Å². The van der Waals surface area contributed by atoms with Crippen molar-refractivity contribution in [2.24, 2.45) is 0 Å². The molecule has 6 heteroatoms. The molecule has 0 bridgehead atoms. The summed E-state index contributed by atoms with van der Waals surface area (Å²) in [4.78, 5) is 14.7. The van der Waals surface area contributed by atoms with Crippen molar-refractivity contribution < 1.29 is 14.3 Å². The van der Waals surface area contributed by atoms with Gasteiger partial charge in [-0.3, -0.25) is 9.69 Å². The Morgan fingerprint density at radius 1 is 0.967 bits per heavy atom. The van der Waals surface area contributed by atoms with Gasteiger partial charge in [-0.1, -0.05) is 72.5 Å². The molecule has 1 saturated heterocycles. The van der Waals surface area contributed by atoms with Crippen LogP contribution in [0, 0.1) is 0 Å². The minimum absolute atomic E-state index is 0.109. The molecule has 3 rings (SSSR count). The highest BCUT2D eigenvalue weighted by Crippen LogP contribution is 2.34. The number of para-hydroxylation sites is 2. The van der Waals surface area contributed by atoms with E-state index in [-0.39, 0.29) is 5.91 Å². The first-order valence-electron chi connectivity index (χ1n) is 9.53. The second-order valence-corrected chi connectivity index (χ2v) is 8.09. The molecule has 1 aliphatic rings. The minimum atomic E-state index is -0.109. The third-order valence-corrected chi connectivity index (χ3v) is 5.70. The van der Waals surface area contributed by atoms with Gasteiger partial charge in [0.15, 0.2) is 0 Å². The normalized spacial score (nSPS) is 14.8. The third kappa shape index (κ3) is 5.40. The van der Waals surface area contributed by atoms with Crippen LogP contribution in [0.1, 0.15) is 11.1 Å². The quantitative estimate of drug-likeness (QED) is 0.219. The summed E-state index contributed by atoms with van der Waals surface area (Å²) < 4.78 is 12.3. The smallest absolute Gasteiger partial charge is 0.266 e. The first-order chi connectivity index (χ1) is 14.6. The van der Waals surface area contributed by atoms with Gasteiger partial charge >= 0.3 is 0 Å². The molecule has 1 fully saturated rings. The lowest BCUT2D eigenvalue weighted by atomic mass is 10.1. The number of nitrogens with zero attached hydrogens (tertiary/aromatic N) is 1. The van der Waals surface area contributed by atoms with Crippen LogP contribution in [0.2, 0.25) is 0 Å². The molecule has 30 heavy (non-hydrogen) atoms. The predicted molar refractivity (Wildman–Crippen MR) is 128 cm³/mol. The Balaban J connectivity index is 1.64. The van der Waals surface area contributed by atoms with Crippen LogP contribution >= 0.6 is 24.0 Å². The fourth-order valence-corrected chi connectivity index (χ4v) is 4.20. The summed E-state index contributed by atoms with van der Waals surface area (Å²) in [5, 5.41) is 0. The first kappa shape index (κ1) is 21.9. The Hall–Kier alpha value is -2.83. The van der Waals surface area contributed by atoms with E-state index in [2.05, 4.69) is 13.2 Å². The highest BCUT2D eigenvalue weighted by molar-refractivity contribution is 8.26. The fraction of sp³-hybridized carbons (Fsp3) is 0.167. The molecule has 154 valence electrons. The number of hydrogen-bond acceptors (Lipinski definition) is 5. The lowest BCUT2D eigenvalue weighted by molar-refractivity contribution is -0.121. The maximum atomic E-state index is 12.6. The zero-order chi connectivity index (χ0) is 21.3. The Morgan fingerprint density at radius 3 is 2.37 bits per heavy atom. The summed E-state index contributed by atoms with van der Waals surface area (Å²) in [5.74, 6) is 1.41. The minimum Gasteiger partial charge on any atom is -0.490 e. The van der Waals surface area contributed by atoms with Gasteiger partial charge in [-0.05, 0) is 30.2 Å². The molecule has 1 amide bonds. The number of rotatable bonds is 10. The molecule has 0 spiro atoms. The number of allylic oxidation sites excluding steroid dienone is 1. The van der Waals surface area contributed by atoms with Gasteiger partial charge in [0.25, 0.3) is 5.91 Å². The van der Waals surface area contributed by atoms with Crippen LogP contribution in [0.15, 0.2) is 78.7 Å². The average molecular weight is 438 g/mol. The topological polar surface area (TPSA) is 38.8 Å². The maximum Gasteiger partial charge on any atom is 0.266 e. The SMILES string of the molecule is C=CCc1ccccc1OCCOc1ccccc1C=C1SC(=S)N(CC=C)C1=O. The van der Waals surface area contributed by atoms with Crippen molar-refractivity contribution in [2.45, 2.75) is 6.42 Å². The van der Waals surface area contributed by atoms with Gasteiger partial charge in [0, 0.05) is 12.1 Å².